The monoisotopic (exact) mass is 410 g/mol. The summed E-state index contributed by atoms with van der Waals surface area (Å²) in [5.74, 6) is -0.0832. The van der Waals surface area contributed by atoms with Crippen LogP contribution in [0.4, 0.5) is 11.4 Å². The molecule has 5 heteroatoms. The van der Waals surface area contributed by atoms with Crippen LogP contribution in [0, 0.1) is 13.8 Å². The van der Waals surface area contributed by atoms with Crippen LogP contribution in [0.3, 0.4) is 0 Å². The van der Waals surface area contributed by atoms with Gasteiger partial charge in [-0.3, -0.25) is 4.79 Å². The van der Waals surface area contributed by atoms with Gasteiger partial charge >= 0.3 is 0 Å². The average Bonchev–Trinajstić information content (AvgIpc) is 2.45. The maximum atomic E-state index is 12.0. The third-order valence-corrected chi connectivity index (χ3v) is 4.98. The number of rotatable bonds is 4. The Labute approximate surface area is 141 Å². The highest BCUT2D eigenvalue weighted by Gasteiger charge is 2.06. The number of hydrogen-bond acceptors (Lipinski definition) is 2. The number of carbonyl (C=O) groups is 1. The number of amides is 1. The molecule has 0 fully saturated rings. The van der Waals surface area contributed by atoms with Gasteiger partial charge in [0.1, 0.15) is 0 Å². The smallest absolute Gasteiger partial charge is 0.243 e. The van der Waals surface area contributed by atoms with Crippen LogP contribution < -0.4 is 10.6 Å². The van der Waals surface area contributed by atoms with E-state index in [1.807, 2.05) is 50.2 Å². The topological polar surface area (TPSA) is 41.1 Å². The first-order valence-electron chi connectivity index (χ1n) is 6.52. The van der Waals surface area contributed by atoms with Crippen LogP contribution in [0.5, 0.6) is 0 Å². The van der Waals surface area contributed by atoms with Crippen molar-refractivity contribution in [3.8, 4) is 0 Å². The first-order valence-corrected chi connectivity index (χ1v) is 8.11. The van der Waals surface area contributed by atoms with E-state index in [4.69, 9.17) is 0 Å². The van der Waals surface area contributed by atoms with E-state index in [2.05, 4.69) is 42.5 Å². The van der Waals surface area contributed by atoms with Gasteiger partial charge in [-0.25, -0.2) is 0 Å². The molecule has 0 heterocycles. The van der Waals surface area contributed by atoms with Crippen molar-refractivity contribution in [2.75, 3.05) is 17.2 Å². The first-order chi connectivity index (χ1) is 9.97. The van der Waals surface area contributed by atoms with Gasteiger partial charge in [-0.05, 0) is 65.2 Å². The highest BCUT2D eigenvalue weighted by Crippen LogP contribution is 2.25. The maximum absolute atomic E-state index is 12.0. The molecule has 0 bridgehead atoms. The second kappa shape index (κ2) is 7.09. The zero-order valence-corrected chi connectivity index (χ0v) is 15.0. The molecule has 1 amide bonds. The predicted octanol–water partition coefficient (Wildman–Crippen LogP) is 4.88. The van der Waals surface area contributed by atoms with Crippen molar-refractivity contribution >= 4 is 49.1 Å². The zero-order valence-electron chi connectivity index (χ0n) is 11.8. The minimum atomic E-state index is -0.0832. The Kier molecular flexibility index (Phi) is 5.42. The van der Waals surface area contributed by atoms with Gasteiger partial charge in [0.05, 0.1) is 12.2 Å². The molecule has 2 aromatic carbocycles. The van der Waals surface area contributed by atoms with Crippen molar-refractivity contribution in [1.29, 1.82) is 0 Å². The van der Waals surface area contributed by atoms with E-state index in [1.165, 1.54) is 0 Å². The Morgan fingerprint density at radius 1 is 1.10 bits per heavy atom. The number of hydrogen-bond donors (Lipinski definition) is 2. The highest BCUT2D eigenvalue weighted by molar-refractivity contribution is 9.11. The van der Waals surface area contributed by atoms with E-state index in [-0.39, 0.29) is 12.5 Å². The SMILES string of the molecule is Cc1cc(NCC(=O)Nc2ccccc2Br)cc(C)c1Br. The molecular formula is C16H16Br2N2O. The third-order valence-electron chi connectivity index (χ3n) is 3.04. The van der Waals surface area contributed by atoms with Gasteiger partial charge in [0.2, 0.25) is 5.91 Å². The third kappa shape index (κ3) is 4.32. The second-order valence-electron chi connectivity index (χ2n) is 4.81. The molecule has 21 heavy (non-hydrogen) atoms. The summed E-state index contributed by atoms with van der Waals surface area (Å²) in [4.78, 5) is 12.0. The van der Waals surface area contributed by atoms with Gasteiger partial charge in [0.15, 0.2) is 0 Å². The molecular weight excluding hydrogens is 396 g/mol. The van der Waals surface area contributed by atoms with E-state index in [0.29, 0.717) is 0 Å². The molecule has 0 saturated heterocycles. The van der Waals surface area contributed by atoms with Gasteiger partial charge in [-0.15, -0.1) is 0 Å². The van der Waals surface area contributed by atoms with Crippen molar-refractivity contribution in [2.24, 2.45) is 0 Å². The number of nitrogens with one attached hydrogen (secondary N) is 2. The fourth-order valence-corrected chi connectivity index (χ4v) is 2.60. The van der Waals surface area contributed by atoms with Gasteiger partial charge in [-0.2, -0.15) is 0 Å². The van der Waals surface area contributed by atoms with E-state index in [9.17, 15) is 4.79 Å². The fraction of sp³-hybridized carbons (Fsp3) is 0.188. The molecule has 0 radical (unpaired) electrons. The lowest BCUT2D eigenvalue weighted by atomic mass is 10.1. The molecule has 2 rings (SSSR count). The summed E-state index contributed by atoms with van der Waals surface area (Å²) >= 11 is 6.94. The van der Waals surface area contributed by atoms with Crippen LogP contribution in [0.25, 0.3) is 0 Å². The number of anilines is 2. The van der Waals surface area contributed by atoms with E-state index in [1.54, 1.807) is 0 Å². The Hall–Kier alpha value is -1.33. The Morgan fingerprint density at radius 2 is 1.71 bits per heavy atom. The molecule has 0 unspecified atom stereocenters. The molecule has 0 aromatic heterocycles. The zero-order chi connectivity index (χ0) is 15.4. The minimum absolute atomic E-state index is 0.0832. The normalized spacial score (nSPS) is 10.3. The Bertz CT molecular complexity index is 648. The number of para-hydroxylation sites is 1. The summed E-state index contributed by atoms with van der Waals surface area (Å²) in [6.45, 7) is 4.29. The van der Waals surface area contributed by atoms with Crippen LogP contribution >= 0.6 is 31.9 Å². The number of aryl methyl sites for hydroxylation is 2. The van der Waals surface area contributed by atoms with Crippen molar-refractivity contribution in [1.82, 2.24) is 0 Å². The molecule has 0 saturated carbocycles. The van der Waals surface area contributed by atoms with E-state index >= 15 is 0 Å². The lowest BCUT2D eigenvalue weighted by Gasteiger charge is -2.11. The predicted molar refractivity (Wildman–Crippen MR) is 94.9 cm³/mol. The molecule has 0 aliphatic rings. The fourth-order valence-electron chi connectivity index (χ4n) is 1.99. The number of benzene rings is 2. The Morgan fingerprint density at radius 3 is 2.33 bits per heavy atom. The van der Waals surface area contributed by atoms with Gasteiger partial charge in [0, 0.05) is 14.6 Å². The first kappa shape index (κ1) is 16.0. The summed E-state index contributed by atoms with van der Waals surface area (Å²) in [5.41, 5.74) is 4.00. The van der Waals surface area contributed by atoms with Crippen molar-refractivity contribution in [3.05, 3.63) is 56.5 Å². The van der Waals surface area contributed by atoms with Crippen LogP contribution in [0.2, 0.25) is 0 Å². The van der Waals surface area contributed by atoms with Crippen molar-refractivity contribution < 1.29 is 4.79 Å². The highest BCUT2D eigenvalue weighted by atomic mass is 79.9. The van der Waals surface area contributed by atoms with Crippen LogP contribution in [-0.4, -0.2) is 12.5 Å². The van der Waals surface area contributed by atoms with Gasteiger partial charge < -0.3 is 10.6 Å². The quantitative estimate of drug-likeness (QED) is 0.752. The van der Waals surface area contributed by atoms with Crippen molar-refractivity contribution in [3.63, 3.8) is 0 Å². The molecule has 2 N–H and O–H groups in total. The molecule has 3 nitrogen and oxygen atoms in total. The molecule has 0 atom stereocenters. The summed E-state index contributed by atoms with van der Waals surface area (Å²) in [7, 11) is 0. The van der Waals surface area contributed by atoms with Gasteiger partial charge in [0.25, 0.3) is 0 Å². The molecule has 2 aromatic rings. The Balaban J connectivity index is 1.97. The van der Waals surface area contributed by atoms with Crippen molar-refractivity contribution in [2.45, 2.75) is 13.8 Å². The van der Waals surface area contributed by atoms with E-state index in [0.717, 1.165) is 31.4 Å². The molecule has 0 aliphatic carbocycles. The summed E-state index contributed by atoms with van der Waals surface area (Å²) in [6, 6.07) is 11.6. The lowest BCUT2D eigenvalue weighted by Crippen LogP contribution is -2.22. The van der Waals surface area contributed by atoms with Crippen LogP contribution in [0.15, 0.2) is 45.3 Å². The molecule has 0 aliphatic heterocycles. The molecule has 110 valence electrons. The van der Waals surface area contributed by atoms with Crippen LogP contribution in [-0.2, 0) is 4.79 Å². The summed E-state index contributed by atoms with van der Waals surface area (Å²) < 4.78 is 1.97. The summed E-state index contributed by atoms with van der Waals surface area (Å²) in [6.07, 6.45) is 0. The van der Waals surface area contributed by atoms with E-state index < -0.39 is 0 Å². The summed E-state index contributed by atoms with van der Waals surface area (Å²) in [5, 5.41) is 6.01. The minimum Gasteiger partial charge on any atom is -0.376 e. The number of carbonyl (C=O) groups excluding carboxylic acids is 1. The average molecular weight is 412 g/mol. The maximum Gasteiger partial charge on any atom is 0.243 e. The lowest BCUT2D eigenvalue weighted by molar-refractivity contribution is -0.114. The van der Waals surface area contributed by atoms with Gasteiger partial charge in [-0.1, -0.05) is 28.1 Å². The standard InChI is InChI=1S/C16H16Br2N2O/c1-10-7-12(8-11(2)16(10)18)19-9-15(21)20-14-6-4-3-5-13(14)17/h3-8,19H,9H2,1-2H3,(H,20,21). The molecule has 0 spiro atoms. The second-order valence-corrected chi connectivity index (χ2v) is 6.45. The van der Waals surface area contributed by atoms with Crippen LogP contribution in [0.1, 0.15) is 11.1 Å². The number of halogens is 2. The largest absolute Gasteiger partial charge is 0.376 e.